The number of likely N-dealkylation sites (tertiary alicyclic amines) is 1. The highest BCUT2D eigenvalue weighted by molar-refractivity contribution is 5.73. The molecule has 1 heterocycles. The fourth-order valence-corrected chi connectivity index (χ4v) is 2.65. The molecule has 0 saturated carbocycles. The second kappa shape index (κ2) is 8.45. The molecule has 0 bridgehead atoms. The second-order valence-electron chi connectivity index (χ2n) is 4.85. The third-order valence-corrected chi connectivity index (χ3v) is 3.61. The Morgan fingerprint density at radius 3 is 2.94 bits per heavy atom. The normalized spacial score (nSPS) is 22.9. The van der Waals surface area contributed by atoms with Crippen LogP contribution >= 0.6 is 0 Å². The molecule has 18 heavy (non-hydrogen) atoms. The van der Waals surface area contributed by atoms with E-state index in [9.17, 15) is 9.90 Å². The maximum Gasteiger partial charge on any atom is 0.320 e. The Morgan fingerprint density at radius 2 is 2.33 bits per heavy atom. The van der Waals surface area contributed by atoms with Gasteiger partial charge in [0, 0.05) is 26.2 Å². The number of piperidine rings is 1. The summed E-state index contributed by atoms with van der Waals surface area (Å²) < 4.78 is 4.99. The Balaban J connectivity index is 2.47. The third kappa shape index (κ3) is 4.55. The largest absolute Gasteiger partial charge is 0.480 e. The standard InChI is InChI=1S/C13H26N2O3/c1-3-12(13(16)17)15-8-5-4-6-11(15)10-14-7-9-18-2/h11-12,14H,3-10H2,1-2H3,(H,16,17). The molecule has 1 saturated heterocycles. The van der Waals surface area contributed by atoms with Crippen LogP contribution in [0.4, 0.5) is 0 Å². The van der Waals surface area contributed by atoms with Crippen molar-refractivity contribution in [2.24, 2.45) is 0 Å². The van der Waals surface area contributed by atoms with E-state index < -0.39 is 5.97 Å². The zero-order valence-electron chi connectivity index (χ0n) is 11.5. The van der Waals surface area contributed by atoms with E-state index in [4.69, 9.17) is 4.74 Å². The molecular formula is C13H26N2O3. The number of rotatable bonds is 8. The highest BCUT2D eigenvalue weighted by Gasteiger charge is 2.31. The van der Waals surface area contributed by atoms with Crippen molar-refractivity contribution in [3.63, 3.8) is 0 Å². The Labute approximate surface area is 109 Å². The third-order valence-electron chi connectivity index (χ3n) is 3.61. The van der Waals surface area contributed by atoms with E-state index >= 15 is 0 Å². The first-order valence-corrected chi connectivity index (χ1v) is 6.88. The molecule has 1 aliphatic rings. The Bertz CT molecular complexity index is 248. The van der Waals surface area contributed by atoms with Crippen LogP contribution in [0.15, 0.2) is 0 Å². The summed E-state index contributed by atoms with van der Waals surface area (Å²) in [6, 6.07) is 0.0104. The second-order valence-corrected chi connectivity index (χ2v) is 4.85. The first kappa shape index (κ1) is 15.4. The van der Waals surface area contributed by atoms with Crippen LogP contribution in [0.1, 0.15) is 32.6 Å². The van der Waals surface area contributed by atoms with Crippen molar-refractivity contribution in [2.45, 2.75) is 44.7 Å². The van der Waals surface area contributed by atoms with Crippen molar-refractivity contribution in [2.75, 3.05) is 33.4 Å². The highest BCUT2D eigenvalue weighted by atomic mass is 16.5. The van der Waals surface area contributed by atoms with Gasteiger partial charge in [0.1, 0.15) is 6.04 Å². The monoisotopic (exact) mass is 258 g/mol. The van der Waals surface area contributed by atoms with Gasteiger partial charge < -0.3 is 15.2 Å². The molecule has 0 aromatic heterocycles. The van der Waals surface area contributed by atoms with Gasteiger partial charge in [-0.3, -0.25) is 9.69 Å². The lowest BCUT2D eigenvalue weighted by Gasteiger charge is -2.39. The van der Waals surface area contributed by atoms with Gasteiger partial charge in [0.05, 0.1) is 6.61 Å². The van der Waals surface area contributed by atoms with Gasteiger partial charge in [-0.1, -0.05) is 13.3 Å². The molecule has 1 rings (SSSR count). The van der Waals surface area contributed by atoms with Gasteiger partial charge in [0.15, 0.2) is 0 Å². The number of carboxylic acids is 1. The topological polar surface area (TPSA) is 61.8 Å². The molecule has 0 spiro atoms. The van der Waals surface area contributed by atoms with E-state index in [0.29, 0.717) is 19.1 Å². The molecule has 5 nitrogen and oxygen atoms in total. The van der Waals surface area contributed by atoms with Crippen LogP contribution in [0.5, 0.6) is 0 Å². The van der Waals surface area contributed by atoms with E-state index in [1.807, 2.05) is 6.92 Å². The molecule has 2 atom stereocenters. The summed E-state index contributed by atoms with van der Waals surface area (Å²) in [7, 11) is 1.69. The number of nitrogens with zero attached hydrogens (tertiary/aromatic N) is 1. The summed E-state index contributed by atoms with van der Waals surface area (Å²) >= 11 is 0. The molecule has 1 aliphatic heterocycles. The molecule has 2 N–H and O–H groups in total. The van der Waals surface area contributed by atoms with Gasteiger partial charge in [0.25, 0.3) is 0 Å². The lowest BCUT2D eigenvalue weighted by atomic mass is 9.98. The number of hydrogen-bond acceptors (Lipinski definition) is 4. The average molecular weight is 258 g/mol. The van der Waals surface area contributed by atoms with Gasteiger partial charge in [-0.2, -0.15) is 0 Å². The van der Waals surface area contributed by atoms with E-state index in [0.717, 1.165) is 32.5 Å². The molecule has 5 heteroatoms. The number of methoxy groups -OCH3 is 1. The Kier molecular flexibility index (Phi) is 7.23. The van der Waals surface area contributed by atoms with Crippen LogP contribution in [-0.4, -0.2) is 61.4 Å². The summed E-state index contributed by atoms with van der Waals surface area (Å²) in [5.41, 5.74) is 0. The van der Waals surface area contributed by atoms with Gasteiger partial charge in [-0.05, 0) is 25.8 Å². The van der Waals surface area contributed by atoms with Gasteiger partial charge in [-0.25, -0.2) is 0 Å². The minimum atomic E-state index is -0.693. The summed E-state index contributed by atoms with van der Waals surface area (Å²) in [5.74, 6) is -0.693. The minimum Gasteiger partial charge on any atom is -0.480 e. The lowest BCUT2D eigenvalue weighted by Crippen LogP contribution is -2.53. The minimum absolute atomic E-state index is 0.334. The lowest BCUT2D eigenvalue weighted by molar-refractivity contribution is -0.145. The number of nitrogens with one attached hydrogen (secondary N) is 1. The molecular weight excluding hydrogens is 232 g/mol. The van der Waals surface area contributed by atoms with Crippen molar-refractivity contribution in [3.8, 4) is 0 Å². The quantitative estimate of drug-likeness (QED) is 0.635. The van der Waals surface area contributed by atoms with Crippen LogP contribution in [0.2, 0.25) is 0 Å². The van der Waals surface area contributed by atoms with E-state index in [1.165, 1.54) is 6.42 Å². The average Bonchev–Trinajstić information content (AvgIpc) is 2.37. The Hall–Kier alpha value is -0.650. The van der Waals surface area contributed by atoms with Crippen molar-refractivity contribution in [1.29, 1.82) is 0 Å². The van der Waals surface area contributed by atoms with Crippen LogP contribution < -0.4 is 5.32 Å². The number of hydrogen-bond donors (Lipinski definition) is 2. The zero-order valence-corrected chi connectivity index (χ0v) is 11.5. The van der Waals surface area contributed by atoms with Crippen molar-refractivity contribution >= 4 is 5.97 Å². The van der Waals surface area contributed by atoms with Crippen LogP contribution in [-0.2, 0) is 9.53 Å². The first-order chi connectivity index (χ1) is 8.70. The molecule has 106 valence electrons. The fraction of sp³-hybridized carbons (Fsp3) is 0.923. The number of carboxylic acid groups (broad SMARTS) is 1. The van der Waals surface area contributed by atoms with E-state index in [-0.39, 0.29) is 6.04 Å². The zero-order chi connectivity index (χ0) is 13.4. The van der Waals surface area contributed by atoms with Gasteiger partial charge in [0.2, 0.25) is 0 Å². The molecule has 0 aliphatic carbocycles. The SMILES string of the molecule is CCC(C(=O)O)N1CCCCC1CNCCOC. The van der Waals surface area contributed by atoms with Crippen molar-refractivity contribution in [1.82, 2.24) is 10.2 Å². The molecule has 2 unspecified atom stereocenters. The van der Waals surface area contributed by atoms with Gasteiger partial charge >= 0.3 is 5.97 Å². The van der Waals surface area contributed by atoms with E-state index in [2.05, 4.69) is 10.2 Å². The van der Waals surface area contributed by atoms with E-state index in [1.54, 1.807) is 7.11 Å². The summed E-state index contributed by atoms with van der Waals surface area (Å²) in [5, 5.41) is 12.6. The molecule has 0 amide bonds. The smallest absolute Gasteiger partial charge is 0.320 e. The molecule has 1 fully saturated rings. The Morgan fingerprint density at radius 1 is 1.56 bits per heavy atom. The molecule has 0 aromatic rings. The first-order valence-electron chi connectivity index (χ1n) is 6.88. The predicted molar refractivity (Wildman–Crippen MR) is 70.8 cm³/mol. The van der Waals surface area contributed by atoms with Crippen LogP contribution in [0.25, 0.3) is 0 Å². The molecule has 0 radical (unpaired) electrons. The number of ether oxygens (including phenoxy) is 1. The van der Waals surface area contributed by atoms with Crippen LogP contribution in [0.3, 0.4) is 0 Å². The summed E-state index contributed by atoms with van der Waals surface area (Å²) in [4.78, 5) is 13.4. The molecule has 0 aromatic carbocycles. The van der Waals surface area contributed by atoms with Crippen molar-refractivity contribution < 1.29 is 14.6 Å². The maximum atomic E-state index is 11.3. The fourth-order valence-electron chi connectivity index (χ4n) is 2.65. The van der Waals surface area contributed by atoms with Crippen molar-refractivity contribution in [3.05, 3.63) is 0 Å². The number of carbonyl (C=O) groups is 1. The summed E-state index contributed by atoms with van der Waals surface area (Å²) in [6.07, 6.45) is 4.06. The predicted octanol–water partition coefficient (Wildman–Crippen LogP) is 0.940. The highest BCUT2D eigenvalue weighted by Crippen LogP contribution is 2.20. The van der Waals surface area contributed by atoms with Gasteiger partial charge in [-0.15, -0.1) is 0 Å². The van der Waals surface area contributed by atoms with Crippen LogP contribution in [0, 0.1) is 0 Å². The summed E-state index contributed by atoms with van der Waals surface area (Å²) in [6.45, 7) is 5.23. The maximum absolute atomic E-state index is 11.3. The number of aliphatic carboxylic acids is 1.